The zero-order valence-corrected chi connectivity index (χ0v) is 13.8. The second-order valence-electron chi connectivity index (χ2n) is 6.43. The van der Waals surface area contributed by atoms with E-state index in [4.69, 9.17) is 9.47 Å². The number of carbonyl (C=O) groups is 1. The maximum Gasteiger partial charge on any atom is 0.416 e. The lowest BCUT2D eigenvalue weighted by molar-refractivity contribution is -0.137. The van der Waals surface area contributed by atoms with E-state index in [0.717, 1.165) is 24.1 Å². The Morgan fingerprint density at radius 1 is 1.08 bits per heavy atom. The molecule has 0 bridgehead atoms. The van der Waals surface area contributed by atoms with E-state index in [0.29, 0.717) is 24.6 Å². The number of ether oxygens (including phenoxy) is 2. The summed E-state index contributed by atoms with van der Waals surface area (Å²) in [4.78, 5) is 14.2. The standard InChI is InChI=1S/C19H16F3NO3/c20-19(21,22)15-3-1-2-13(8-15)18(24)23-7-6-14(10-23)12-4-5-16-17(9-12)26-11-25-16/h1-5,8-9,14H,6-7,10-11H2. The number of rotatable bonds is 2. The minimum absolute atomic E-state index is 0.0613. The highest BCUT2D eigenvalue weighted by molar-refractivity contribution is 5.94. The molecule has 2 aliphatic rings. The molecule has 7 heteroatoms. The number of amides is 1. The van der Waals surface area contributed by atoms with Crippen LogP contribution in [0.3, 0.4) is 0 Å². The molecular weight excluding hydrogens is 347 g/mol. The number of benzene rings is 2. The van der Waals surface area contributed by atoms with Crippen LogP contribution in [0.1, 0.15) is 33.8 Å². The summed E-state index contributed by atoms with van der Waals surface area (Å²) in [7, 11) is 0. The molecule has 0 spiro atoms. The zero-order chi connectivity index (χ0) is 18.3. The van der Waals surface area contributed by atoms with Crippen molar-refractivity contribution >= 4 is 5.91 Å². The summed E-state index contributed by atoms with van der Waals surface area (Å²) >= 11 is 0. The molecule has 1 amide bonds. The van der Waals surface area contributed by atoms with Crippen LogP contribution in [0.25, 0.3) is 0 Å². The van der Waals surface area contributed by atoms with E-state index in [-0.39, 0.29) is 24.2 Å². The van der Waals surface area contributed by atoms with Crippen LogP contribution in [0.4, 0.5) is 13.2 Å². The van der Waals surface area contributed by atoms with E-state index < -0.39 is 11.7 Å². The molecule has 0 radical (unpaired) electrons. The van der Waals surface area contributed by atoms with Crippen molar-refractivity contribution in [3.05, 3.63) is 59.2 Å². The highest BCUT2D eigenvalue weighted by Crippen LogP contribution is 2.37. The number of hydrogen-bond donors (Lipinski definition) is 0. The quantitative estimate of drug-likeness (QED) is 0.808. The fourth-order valence-electron chi connectivity index (χ4n) is 3.40. The Balaban J connectivity index is 1.49. The monoisotopic (exact) mass is 363 g/mol. The third-order valence-corrected chi connectivity index (χ3v) is 4.78. The molecule has 2 aromatic carbocycles. The third kappa shape index (κ3) is 3.09. The Bertz CT molecular complexity index is 850. The molecule has 0 saturated carbocycles. The van der Waals surface area contributed by atoms with Crippen LogP contribution in [0.5, 0.6) is 11.5 Å². The van der Waals surface area contributed by atoms with Gasteiger partial charge in [-0.05, 0) is 42.3 Å². The SMILES string of the molecule is O=C(c1cccc(C(F)(F)F)c1)N1CCC(c2ccc3c(c2)OCO3)C1. The van der Waals surface area contributed by atoms with Crippen molar-refractivity contribution in [3.8, 4) is 11.5 Å². The van der Waals surface area contributed by atoms with Gasteiger partial charge in [-0.25, -0.2) is 0 Å². The molecule has 0 N–H and O–H groups in total. The Hall–Kier alpha value is -2.70. The second kappa shape index (κ2) is 6.23. The van der Waals surface area contributed by atoms with Crippen LogP contribution in [0.2, 0.25) is 0 Å². The number of halogens is 3. The number of likely N-dealkylation sites (tertiary alicyclic amines) is 1. The molecule has 0 aliphatic carbocycles. The number of alkyl halides is 3. The molecule has 4 rings (SSSR count). The molecular formula is C19H16F3NO3. The Morgan fingerprint density at radius 3 is 2.69 bits per heavy atom. The molecule has 1 fully saturated rings. The minimum Gasteiger partial charge on any atom is -0.454 e. The first-order chi connectivity index (χ1) is 12.4. The lowest BCUT2D eigenvalue weighted by atomic mass is 9.98. The van der Waals surface area contributed by atoms with Gasteiger partial charge in [0.1, 0.15) is 0 Å². The first-order valence-electron chi connectivity index (χ1n) is 8.28. The van der Waals surface area contributed by atoms with E-state index in [1.54, 1.807) is 4.90 Å². The van der Waals surface area contributed by atoms with Gasteiger partial charge in [0, 0.05) is 24.6 Å². The molecule has 136 valence electrons. The van der Waals surface area contributed by atoms with Gasteiger partial charge in [0.2, 0.25) is 6.79 Å². The lowest BCUT2D eigenvalue weighted by Crippen LogP contribution is -2.28. The van der Waals surface area contributed by atoms with Gasteiger partial charge < -0.3 is 14.4 Å². The van der Waals surface area contributed by atoms with Crippen LogP contribution in [-0.4, -0.2) is 30.7 Å². The molecule has 4 nitrogen and oxygen atoms in total. The van der Waals surface area contributed by atoms with E-state index in [1.807, 2.05) is 18.2 Å². The summed E-state index contributed by atoms with van der Waals surface area (Å²) in [6, 6.07) is 10.3. The van der Waals surface area contributed by atoms with Crippen molar-refractivity contribution in [2.45, 2.75) is 18.5 Å². The minimum atomic E-state index is -4.46. The third-order valence-electron chi connectivity index (χ3n) is 4.78. The van der Waals surface area contributed by atoms with Gasteiger partial charge in [0.25, 0.3) is 5.91 Å². The predicted molar refractivity (Wildman–Crippen MR) is 87.3 cm³/mol. The van der Waals surface area contributed by atoms with Crippen molar-refractivity contribution in [2.75, 3.05) is 19.9 Å². The van der Waals surface area contributed by atoms with Gasteiger partial charge in [0.15, 0.2) is 11.5 Å². The molecule has 2 aromatic rings. The molecule has 1 unspecified atom stereocenters. The molecule has 1 atom stereocenters. The topological polar surface area (TPSA) is 38.8 Å². The van der Waals surface area contributed by atoms with Crippen LogP contribution in [0.15, 0.2) is 42.5 Å². The number of fused-ring (bicyclic) bond motifs is 1. The van der Waals surface area contributed by atoms with Crippen molar-refractivity contribution < 1.29 is 27.4 Å². The van der Waals surface area contributed by atoms with Gasteiger partial charge in [0.05, 0.1) is 5.56 Å². The van der Waals surface area contributed by atoms with Gasteiger partial charge >= 0.3 is 6.18 Å². The van der Waals surface area contributed by atoms with Gasteiger partial charge in [-0.1, -0.05) is 12.1 Å². The zero-order valence-electron chi connectivity index (χ0n) is 13.8. The summed E-state index contributed by atoms with van der Waals surface area (Å²) in [5, 5.41) is 0. The van der Waals surface area contributed by atoms with Crippen LogP contribution in [-0.2, 0) is 6.18 Å². The highest BCUT2D eigenvalue weighted by Gasteiger charge is 2.33. The smallest absolute Gasteiger partial charge is 0.416 e. The summed E-state index contributed by atoms with van der Waals surface area (Å²) in [6.45, 7) is 1.17. The van der Waals surface area contributed by atoms with Crippen molar-refractivity contribution in [2.24, 2.45) is 0 Å². The maximum atomic E-state index is 12.9. The molecule has 26 heavy (non-hydrogen) atoms. The van der Waals surface area contributed by atoms with Gasteiger partial charge in [-0.2, -0.15) is 13.2 Å². The fraction of sp³-hybridized carbons (Fsp3) is 0.316. The average Bonchev–Trinajstić information content (AvgIpc) is 3.29. The number of hydrogen-bond acceptors (Lipinski definition) is 3. The van der Waals surface area contributed by atoms with Gasteiger partial charge in [-0.15, -0.1) is 0 Å². The summed E-state index contributed by atoms with van der Waals surface area (Å²) in [5.74, 6) is 1.13. The largest absolute Gasteiger partial charge is 0.454 e. The number of carbonyl (C=O) groups excluding carboxylic acids is 1. The number of nitrogens with zero attached hydrogens (tertiary/aromatic N) is 1. The van der Waals surface area contributed by atoms with E-state index in [9.17, 15) is 18.0 Å². The molecule has 0 aromatic heterocycles. The highest BCUT2D eigenvalue weighted by atomic mass is 19.4. The predicted octanol–water partition coefficient (Wildman–Crippen LogP) is 4.06. The fourth-order valence-corrected chi connectivity index (χ4v) is 3.40. The van der Waals surface area contributed by atoms with Crippen LogP contribution < -0.4 is 9.47 Å². The second-order valence-corrected chi connectivity index (χ2v) is 6.43. The Labute approximate surface area is 148 Å². The molecule has 1 saturated heterocycles. The normalized spacial score (nSPS) is 19.0. The summed E-state index contributed by atoms with van der Waals surface area (Å²) in [5.41, 5.74) is 0.287. The maximum absolute atomic E-state index is 12.9. The Kier molecular flexibility index (Phi) is 4.01. The average molecular weight is 363 g/mol. The van der Waals surface area contributed by atoms with Crippen molar-refractivity contribution in [1.82, 2.24) is 4.90 Å². The van der Waals surface area contributed by atoms with Gasteiger partial charge in [-0.3, -0.25) is 4.79 Å². The van der Waals surface area contributed by atoms with Crippen molar-refractivity contribution in [1.29, 1.82) is 0 Å². The first-order valence-corrected chi connectivity index (χ1v) is 8.28. The van der Waals surface area contributed by atoms with E-state index in [2.05, 4.69) is 0 Å². The summed E-state index contributed by atoms with van der Waals surface area (Å²) < 4.78 is 49.2. The summed E-state index contributed by atoms with van der Waals surface area (Å²) in [6.07, 6.45) is -3.71. The van der Waals surface area contributed by atoms with E-state index in [1.165, 1.54) is 12.1 Å². The van der Waals surface area contributed by atoms with Crippen molar-refractivity contribution in [3.63, 3.8) is 0 Å². The molecule has 2 aliphatic heterocycles. The lowest BCUT2D eigenvalue weighted by Gasteiger charge is -2.18. The first kappa shape index (κ1) is 16.8. The van der Waals surface area contributed by atoms with E-state index >= 15 is 0 Å². The van der Waals surface area contributed by atoms with Crippen LogP contribution >= 0.6 is 0 Å². The van der Waals surface area contributed by atoms with Crippen LogP contribution in [0, 0.1) is 0 Å². The Morgan fingerprint density at radius 2 is 1.88 bits per heavy atom. The molecule has 2 heterocycles.